The molecular formula is C18H32IN5. The number of nitrogens with one attached hydrogen (secondary N) is 2. The minimum Gasteiger partial charge on any atom is -0.357 e. The molecule has 0 amide bonds. The van der Waals surface area contributed by atoms with Crippen molar-refractivity contribution >= 4 is 29.9 Å². The fraction of sp³-hybridized carbons (Fsp3) is 0.667. The molecule has 0 spiro atoms. The lowest BCUT2D eigenvalue weighted by Gasteiger charge is -2.32. The lowest BCUT2D eigenvalue weighted by molar-refractivity contribution is 0.206. The Labute approximate surface area is 163 Å². The van der Waals surface area contributed by atoms with E-state index in [0.717, 1.165) is 31.2 Å². The number of rotatable bonds is 7. The second-order valence-electron chi connectivity index (χ2n) is 6.09. The van der Waals surface area contributed by atoms with Crippen LogP contribution in [-0.4, -0.2) is 54.6 Å². The van der Waals surface area contributed by atoms with Gasteiger partial charge in [0.05, 0.1) is 0 Å². The molecule has 0 aliphatic carbocycles. The summed E-state index contributed by atoms with van der Waals surface area (Å²) < 4.78 is 0. The van der Waals surface area contributed by atoms with Gasteiger partial charge in [-0.05, 0) is 44.9 Å². The van der Waals surface area contributed by atoms with Gasteiger partial charge in [-0.25, -0.2) is 0 Å². The molecule has 1 aromatic rings. The van der Waals surface area contributed by atoms with E-state index in [0.29, 0.717) is 6.04 Å². The molecule has 6 heteroatoms. The van der Waals surface area contributed by atoms with Crippen LogP contribution in [0.25, 0.3) is 0 Å². The van der Waals surface area contributed by atoms with Crippen LogP contribution in [-0.2, 0) is 6.42 Å². The Hall–Kier alpha value is -0.890. The Bertz CT molecular complexity index is 458. The molecule has 0 atom stereocenters. The molecule has 1 aliphatic rings. The summed E-state index contributed by atoms with van der Waals surface area (Å²) in [6, 6.07) is 6.57. The summed E-state index contributed by atoms with van der Waals surface area (Å²) in [5.41, 5.74) is 1.10. The second-order valence-corrected chi connectivity index (χ2v) is 6.09. The van der Waals surface area contributed by atoms with Crippen molar-refractivity contribution in [3.05, 3.63) is 30.1 Å². The number of guanidine groups is 1. The first-order valence-electron chi connectivity index (χ1n) is 8.99. The van der Waals surface area contributed by atoms with Gasteiger partial charge in [0.2, 0.25) is 0 Å². The zero-order valence-electron chi connectivity index (χ0n) is 15.0. The highest BCUT2D eigenvalue weighted by atomic mass is 127. The lowest BCUT2D eigenvalue weighted by atomic mass is 10.1. The molecule has 2 N–H and O–H groups in total. The predicted octanol–water partition coefficient (Wildman–Crippen LogP) is 2.67. The summed E-state index contributed by atoms with van der Waals surface area (Å²) in [7, 11) is 0. The average molecular weight is 445 g/mol. The molecule has 1 aromatic heterocycles. The summed E-state index contributed by atoms with van der Waals surface area (Å²) >= 11 is 0. The molecule has 1 aliphatic heterocycles. The zero-order chi connectivity index (χ0) is 16.3. The topological polar surface area (TPSA) is 52.5 Å². The van der Waals surface area contributed by atoms with Gasteiger partial charge < -0.3 is 15.5 Å². The van der Waals surface area contributed by atoms with Gasteiger partial charge in [-0.15, -0.1) is 24.0 Å². The lowest BCUT2D eigenvalue weighted by Crippen LogP contribution is -2.48. The molecule has 0 saturated carbocycles. The maximum Gasteiger partial charge on any atom is 0.191 e. The highest BCUT2D eigenvalue weighted by Crippen LogP contribution is 2.10. The molecule has 0 bridgehead atoms. The number of hydrogen-bond acceptors (Lipinski definition) is 3. The molecule has 0 aromatic carbocycles. The summed E-state index contributed by atoms with van der Waals surface area (Å²) in [6.07, 6.45) is 6.37. The third-order valence-corrected chi connectivity index (χ3v) is 4.18. The fourth-order valence-corrected chi connectivity index (χ4v) is 2.96. The predicted molar refractivity (Wildman–Crippen MR) is 112 cm³/mol. The van der Waals surface area contributed by atoms with Gasteiger partial charge in [-0.1, -0.05) is 13.0 Å². The van der Waals surface area contributed by atoms with Gasteiger partial charge >= 0.3 is 0 Å². The molecule has 2 rings (SSSR count). The van der Waals surface area contributed by atoms with Crippen LogP contribution in [0.3, 0.4) is 0 Å². The van der Waals surface area contributed by atoms with E-state index >= 15 is 0 Å². The Morgan fingerprint density at radius 1 is 1.29 bits per heavy atom. The van der Waals surface area contributed by atoms with Crippen LogP contribution in [0.2, 0.25) is 0 Å². The monoisotopic (exact) mass is 445 g/mol. The standard InChI is InChI=1S/C18H31N5.HI/c1-3-13-23-14-9-17(10-15-23)22-18(19-4-2)21-12-8-16-7-5-6-11-20-16;/h5-7,11,17H,3-4,8-10,12-15H2,1-2H3,(H2,19,21,22);1H. The van der Waals surface area contributed by atoms with Gasteiger partial charge in [-0.3, -0.25) is 9.98 Å². The van der Waals surface area contributed by atoms with E-state index in [1.165, 1.54) is 38.9 Å². The molecule has 2 heterocycles. The Morgan fingerprint density at radius 2 is 2.08 bits per heavy atom. The van der Waals surface area contributed by atoms with Gasteiger partial charge in [0.1, 0.15) is 0 Å². The van der Waals surface area contributed by atoms with Gasteiger partial charge in [0.15, 0.2) is 5.96 Å². The van der Waals surface area contributed by atoms with E-state index in [1.54, 1.807) is 0 Å². The Morgan fingerprint density at radius 3 is 2.71 bits per heavy atom. The van der Waals surface area contributed by atoms with Crippen LogP contribution >= 0.6 is 24.0 Å². The normalized spacial score (nSPS) is 16.5. The van der Waals surface area contributed by atoms with Crippen LogP contribution in [0.4, 0.5) is 0 Å². The van der Waals surface area contributed by atoms with E-state index in [-0.39, 0.29) is 24.0 Å². The van der Waals surface area contributed by atoms with Crippen molar-refractivity contribution in [2.75, 3.05) is 32.7 Å². The third-order valence-electron chi connectivity index (χ3n) is 4.18. The van der Waals surface area contributed by atoms with Crippen LogP contribution in [0, 0.1) is 0 Å². The quantitative estimate of drug-likeness (QED) is 0.385. The summed E-state index contributed by atoms with van der Waals surface area (Å²) in [5, 5.41) is 6.96. The highest BCUT2D eigenvalue weighted by Gasteiger charge is 2.19. The van der Waals surface area contributed by atoms with E-state index in [9.17, 15) is 0 Å². The van der Waals surface area contributed by atoms with Crippen LogP contribution in [0.5, 0.6) is 0 Å². The summed E-state index contributed by atoms with van der Waals surface area (Å²) in [5.74, 6) is 0.942. The third kappa shape index (κ3) is 7.79. The highest BCUT2D eigenvalue weighted by molar-refractivity contribution is 14.0. The number of aliphatic imine (C=N–C) groups is 1. The van der Waals surface area contributed by atoms with E-state index in [1.807, 2.05) is 18.3 Å². The molecule has 0 radical (unpaired) electrons. The van der Waals surface area contributed by atoms with E-state index in [2.05, 4.69) is 40.4 Å². The number of hydrogen-bond donors (Lipinski definition) is 2. The van der Waals surface area contributed by atoms with Crippen molar-refractivity contribution in [3.63, 3.8) is 0 Å². The van der Waals surface area contributed by atoms with Crippen LogP contribution in [0.15, 0.2) is 29.4 Å². The van der Waals surface area contributed by atoms with Crippen LogP contribution in [0.1, 0.15) is 38.8 Å². The van der Waals surface area contributed by atoms with Gasteiger partial charge in [0.25, 0.3) is 0 Å². The number of piperidine rings is 1. The van der Waals surface area contributed by atoms with Crippen molar-refractivity contribution in [2.45, 2.75) is 45.6 Å². The van der Waals surface area contributed by atoms with Crippen LogP contribution < -0.4 is 10.6 Å². The average Bonchev–Trinajstić information content (AvgIpc) is 2.58. The van der Waals surface area contributed by atoms with Gasteiger partial charge in [0, 0.05) is 50.5 Å². The first kappa shape index (κ1) is 21.2. The summed E-state index contributed by atoms with van der Waals surface area (Å²) in [6.45, 7) is 9.63. The number of pyridine rings is 1. The summed E-state index contributed by atoms with van der Waals surface area (Å²) in [4.78, 5) is 11.6. The Kier molecular flexibility index (Phi) is 11.0. The number of likely N-dealkylation sites (tertiary alicyclic amines) is 1. The van der Waals surface area contributed by atoms with Crippen molar-refractivity contribution in [2.24, 2.45) is 4.99 Å². The minimum atomic E-state index is 0. The van der Waals surface area contributed by atoms with Crippen molar-refractivity contribution < 1.29 is 0 Å². The second kappa shape index (κ2) is 12.5. The molecular weight excluding hydrogens is 413 g/mol. The van der Waals surface area contributed by atoms with Crippen molar-refractivity contribution in [1.29, 1.82) is 0 Å². The molecule has 24 heavy (non-hydrogen) atoms. The largest absolute Gasteiger partial charge is 0.357 e. The first-order chi connectivity index (χ1) is 11.3. The molecule has 0 unspecified atom stereocenters. The Balaban J connectivity index is 0.00000288. The minimum absolute atomic E-state index is 0. The SMILES string of the molecule is CCCN1CCC(NC(=NCCc2ccccn2)NCC)CC1.I. The van der Waals surface area contributed by atoms with Crippen molar-refractivity contribution in [1.82, 2.24) is 20.5 Å². The zero-order valence-corrected chi connectivity index (χ0v) is 17.3. The fourth-order valence-electron chi connectivity index (χ4n) is 2.96. The molecule has 136 valence electrons. The first-order valence-corrected chi connectivity index (χ1v) is 8.99. The van der Waals surface area contributed by atoms with E-state index < -0.39 is 0 Å². The smallest absolute Gasteiger partial charge is 0.191 e. The van der Waals surface area contributed by atoms with Crippen molar-refractivity contribution in [3.8, 4) is 0 Å². The number of nitrogens with zero attached hydrogens (tertiary/aromatic N) is 3. The van der Waals surface area contributed by atoms with E-state index in [4.69, 9.17) is 4.99 Å². The number of halogens is 1. The molecule has 1 saturated heterocycles. The molecule has 1 fully saturated rings. The molecule has 5 nitrogen and oxygen atoms in total. The maximum absolute atomic E-state index is 4.70. The number of aromatic nitrogens is 1. The maximum atomic E-state index is 4.70. The van der Waals surface area contributed by atoms with Gasteiger partial charge in [-0.2, -0.15) is 0 Å².